The number of nitrogens with two attached hydrogens (primary N) is 1. The Morgan fingerprint density at radius 2 is 1.63 bits per heavy atom. The standard InChI is InChI=1S/C10H21NO.C2H5NO2.C2H6/c1-5-7-11(6-2)10(12)8-9(3)4;1-5-2(3)4;1-2/h9H,5-8H2,1-4H3;1H3,(H2,3,4);1-2H3. The van der Waals surface area contributed by atoms with Crippen molar-refractivity contribution in [1.82, 2.24) is 4.90 Å². The van der Waals surface area contributed by atoms with Crippen molar-refractivity contribution in [3.05, 3.63) is 0 Å². The van der Waals surface area contributed by atoms with Crippen LogP contribution in [-0.2, 0) is 9.53 Å². The topological polar surface area (TPSA) is 72.6 Å². The van der Waals surface area contributed by atoms with Crippen LogP contribution in [0.5, 0.6) is 0 Å². The number of hydrogen-bond donors (Lipinski definition) is 1. The lowest BCUT2D eigenvalue weighted by molar-refractivity contribution is -0.131. The SMILES string of the molecule is CC.CCCN(CC)C(=O)CC(C)C.COC(N)=O. The molecule has 0 saturated heterocycles. The number of hydrogen-bond acceptors (Lipinski definition) is 3. The Morgan fingerprint density at radius 3 is 1.84 bits per heavy atom. The molecule has 0 spiro atoms. The van der Waals surface area contributed by atoms with Crippen LogP contribution in [0.4, 0.5) is 4.79 Å². The van der Waals surface area contributed by atoms with E-state index in [-0.39, 0.29) is 0 Å². The largest absolute Gasteiger partial charge is 0.453 e. The first-order chi connectivity index (χ1) is 8.88. The van der Waals surface area contributed by atoms with Gasteiger partial charge < -0.3 is 15.4 Å². The fourth-order valence-corrected chi connectivity index (χ4v) is 1.21. The zero-order valence-electron chi connectivity index (χ0n) is 13.7. The first-order valence-corrected chi connectivity index (χ1v) is 7.00. The molecule has 0 heterocycles. The van der Waals surface area contributed by atoms with Gasteiger partial charge in [-0.3, -0.25) is 4.79 Å². The summed E-state index contributed by atoms with van der Waals surface area (Å²) in [5, 5.41) is 0. The van der Waals surface area contributed by atoms with Gasteiger partial charge in [-0.25, -0.2) is 4.79 Å². The summed E-state index contributed by atoms with van der Waals surface area (Å²) in [6, 6.07) is 0. The van der Waals surface area contributed by atoms with Crippen molar-refractivity contribution in [3.63, 3.8) is 0 Å². The number of rotatable bonds is 5. The van der Waals surface area contributed by atoms with Gasteiger partial charge in [0.2, 0.25) is 5.91 Å². The van der Waals surface area contributed by atoms with Crippen LogP contribution in [0.2, 0.25) is 0 Å². The van der Waals surface area contributed by atoms with E-state index in [0.717, 1.165) is 19.5 Å². The van der Waals surface area contributed by atoms with E-state index < -0.39 is 6.09 Å². The normalized spacial score (nSPS) is 8.63. The summed E-state index contributed by atoms with van der Waals surface area (Å²) in [6.07, 6.45) is 0.996. The Labute approximate surface area is 118 Å². The fraction of sp³-hybridized carbons (Fsp3) is 0.857. The molecule has 5 heteroatoms. The second kappa shape index (κ2) is 16.7. The number of methoxy groups -OCH3 is 1. The molecule has 0 aliphatic rings. The smallest absolute Gasteiger partial charge is 0.404 e. The lowest BCUT2D eigenvalue weighted by atomic mass is 10.1. The van der Waals surface area contributed by atoms with Gasteiger partial charge in [0.1, 0.15) is 0 Å². The van der Waals surface area contributed by atoms with Crippen molar-refractivity contribution in [1.29, 1.82) is 0 Å². The van der Waals surface area contributed by atoms with E-state index in [1.54, 1.807) is 0 Å². The van der Waals surface area contributed by atoms with E-state index in [4.69, 9.17) is 0 Å². The molecule has 0 radical (unpaired) electrons. The summed E-state index contributed by atoms with van der Waals surface area (Å²) in [4.78, 5) is 22.8. The van der Waals surface area contributed by atoms with Gasteiger partial charge in [-0.15, -0.1) is 0 Å². The molecule has 0 bridgehead atoms. The number of nitrogens with zero attached hydrogens (tertiary/aromatic N) is 1. The molecule has 2 N–H and O–H groups in total. The molecule has 0 aliphatic heterocycles. The molecule has 0 aromatic rings. The van der Waals surface area contributed by atoms with Crippen molar-refractivity contribution in [2.45, 2.75) is 54.4 Å². The molecule has 116 valence electrons. The maximum atomic E-state index is 11.5. The average Bonchev–Trinajstić information content (AvgIpc) is 2.38. The Balaban J connectivity index is -0.000000307. The highest BCUT2D eigenvalue weighted by Crippen LogP contribution is 2.04. The van der Waals surface area contributed by atoms with E-state index in [1.165, 1.54) is 7.11 Å². The van der Waals surface area contributed by atoms with E-state index in [2.05, 4.69) is 31.2 Å². The number of amides is 2. The van der Waals surface area contributed by atoms with Gasteiger partial charge in [-0.2, -0.15) is 0 Å². The molecular weight excluding hydrogens is 244 g/mol. The second-order valence-corrected chi connectivity index (χ2v) is 4.09. The third-order valence-electron chi connectivity index (χ3n) is 2.01. The highest BCUT2D eigenvalue weighted by atomic mass is 16.5. The van der Waals surface area contributed by atoms with Crippen molar-refractivity contribution >= 4 is 12.0 Å². The van der Waals surface area contributed by atoms with Gasteiger partial charge in [0.15, 0.2) is 0 Å². The van der Waals surface area contributed by atoms with Crippen LogP contribution >= 0.6 is 0 Å². The summed E-state index contributed by atoms with van der Waals surface area (Å²) in [7, 11) is 1.22. The van der Waals surface area contributed by atoms with Crippen LogP contribution in [0, 0.1) is 5.92 Å². The highest BCUT2D eigenvalue weighted by Gasteiger charge is 2.11. The third-order valence-corrected chi connectivity index (χ3v) is 2.01. The van der Waals surface area contributed by atoms with Crippen LogP contribution < -0.4 is 5.73 Å². The average molecular weight is 276 g/mol. The van der Waals surface area contributed by atoms with Crippen LogP contribution in [0.25, 0.3) is 0 Å². The molecule has 0 aliphatic carbocycles. The van der Waals surface area contributed by atoms with Crippen LogP contribution in [0.15, 0.2) is 0 Å². The van der Waals surface area contributed by atoms with Crippen molar-refractivity contribution in [2.75, 3.05) is 20.2 Å². The molecule has 0 rings (SSSR count). The summed E-state index contributed by atoms with van der Waals surface area (Å²) in [6.45, 7) is 14.1. The molecule has 0 saturated carbocycles. The highest BCUT2D eigenvalue weighted by molar-refractivity contribution is 5.76. The van der Waals surface area contributed by atoms with Gasteiger partial charge in [0.05, 0.1) is 7.11 Å². The van der Waals surface area contributed by atoms with Gasteiger partial charge in [-0.1, -0.05) is 34.6 Å². The number of primary amides is 1. The summed E-state index contributed by atoms with van der Waals surface area (Å²) >= 11 is 0. The quantitative estimate of drug-likeness (QED) is 0.838. The predicted octanol–water partition coefficient (Wildman–Crippen LogP) is 3.03. The minimum Gasteiger partial charge on any atom is -0.453 e. The molecule has 0 atom stereocenters. The molecule has 0 aromatic carbocycles. The second-order valence-electron chi connectivity index (χ2n) is 4.09. The Kier molecular flexibility index (Phi) is 20.2. The van der Waals surface area contributed by atoms with E-state index >= 15 is 0 Å². The first kappa shape index (κ1) is 22.9. The summed E-state index contributed by atoms with van der Waals surface area (Å²) < 4.78 is 3.89. The molecule has 0 fully saturated rings. The maximum Gasteiger partial charge on any atom is 0.404 e. The van der Waals surface area contributed by atoms with Crippen molar-refractivity contribution in [3.8, 4) is 0 Å². The van der Waals surface area contributed by atoms with Crippen LogP contribution in [0.3, 0.4) is 0 Å². The lowest BCUT2D eigenvalue weighted by Crippen LogP contribution is -2.32. The molecule has 0 aromatic heterocycles. The summed E-state index contributed by atoms with van der Waals surface area (Å²) in [5.41, 5.74) is 4.43. The van der Waals surface area contributed by atoms with Crippen molar-refractivity contribution in [2.24, 2.45) is 11.7 Å². The maximum absolute atomic E-state index is 11.5. The van der Waals surface area contributed by atoms with Crippen molar-refractivity contribution < 1.29 is 14.3 Å². The van der Waals surface area contributed by atoms with Gasteiger partial charge in [0, 0.05) is 19.5 Å². The number of carbonyl (C=O) groups is 2. The molecule has 0 unspecified atom stereocenters. The minimum atomic E-state index is -0.745. The predicted molar refractivity (Wildman–Crippen MR) is 79.9 cm³/mol. The lowest BCUT2D eigenvalue weighted by Gasteiger charge is -2.20. The van der Waals surface area contributed by atoms with E-state index in [9.17, 15) is 9.59 Å². The van der Waals surface area contributed by atoms with Gasteiger partial charge in [0.25, 0.3) is 0 Å². The zero-order chi connectivity index (χ0) is 15.8. The van der Waals surface area contributed by atoms with E-state index in [0.29, 0.717) is 18.2 Å². The Hall–Kier alpha value is -1.26. The molecular formula is C14H32N2O3. The number of ether oxygens (including phenoxy) is 1. The van der Waals surface area contributed by atoms with Crippen LogP contribution in [-0.4, -0.2) is 37.1 Å². The molecule has 5 nitrogen and oxygen atoms in total. The molecule has 19 heavy (non-hydrogen) atoms. The zero-order valence-corrected chi connectivity index (χ0v) is 13.7. The Morgan fingerprint density at radius 1 is 1.21 bits per heavy atom. The molecule has 2 amide bonds. The minimum absolute atomic E-state index is 0.300. The van der Waals surface area contributed by atoms with Crippen LogP contribution in [0.1, 0.15) is 54.4 Å². The van der Waals surface area contributed by atoms with Gasteiger partial charge >= 0.3 is 6.09 Å². The first-order valence-electron chi connectivity index (χ1n) is 7.00. The van der Waals surface area contributed by atoms with Gasteiger partial charge in [-0.05, 0) is 19.3 Å². The third kappa shape index (κ3) is 19.3. The Bertz CT molecular complexity index is 219. The number of carbonyl (C=O) groups excluding carboxylic acids is 2. The summed E-state index contributed by atoms with van der Waals surface area (Å²) in [5.74, 6) is 0.776. The van der Waals surface area contributed by atoms with E-state index in [1.807, 2.05) is 25.7 Å². The monoisotopic (exact) mass is 276 g/mol. The fourth-order valence-electron chi connectivity index (χ4n) is 1.21.